The van der Waals surface area contributed by atoms with E-state index >= 15 is 0 Å². The fourth-order valence-electron chi connectivity index (χ4n) is 0.897. The molecule has 0 radical (unpaired) electrons. The van der Waals surface area contributed by atoms with E-state index in [4.69, 9.17) is 14.2 Å². The van der Waals surface area contributed by atoms with Gasteiger partial charge >= 0.3 is 12.4 Å². The van der Waals surface area contributed by atoms with Crippen molar-refractivity contribution in [3.63, 3.8) is 0 Å². The van der Waals surface area contributed by atoms with E-state index in [1.54, 1.807) is 0 Å². The molecule has 0 rings (SSSR count). The number of Topliss-reactive ketones (excluding diaryl/α,β-unsaturated/α-hetero) is 1. The van der Waals surface area contributed by atoms with Crippen LogP contribution in [0.2, 0.25) is 0 Å². The second kappa shape index (κ2) is 12.1. The Kier molecular flexibility index (Phi) is 13.4. The molecule has 0 atom stereocenters. The molecular weight excluding hydrogens is 239 g/mol. The monoisotopic (exact) mass is 262 g/mol. The molecule has 0 aromatic heterocycles. The lowest BCUT2D eigenvalue weighted by Crippen LogP contribution is -2.26. The lowest BCUT2D eigenvalue weighted by molar-refractivity contribution is -0.275. The minimum absolute atomic E-state index is 0. The number of esters is 1. The van der Waals surface area contributed by atoms with E-state index in [1.165, 1.54) is 6.92 Å². The predicted octanol–water partition coefficient (Wildman–Crippen LogP) is 0.462. The maximum Gasteiger partial charge on any atom is 0.318 e. The molecule has 5 nitrogen and oxygen atoms in total. The molecule has 0 saturated heterocycles. The van der Waals surface area contributed by atoms with Crippen molar-refractivity contribution in [2.75, 3.05) is 13.2 Å². The van der Waals surface area contributed by atoms with Crippen LogP contribution in [0.5, 0.6) is 0 Å². The van der Waals surface area contributed by atoms with Crippen molar-refractivity contribution < 1.29 is 23.8 Å². The van der Waals surface area contributed by atoms with Crippen molar-refractivity contribution in [1.82, 2.24) is 0 Å². The average molecular weight is 262 g/mol. The highest BCUT2D eigenvalue weighted by Gasteiger charge is 2.16. The second-order valence-corrected chi connectivity index (χ2v) is 3.40. The summed E-state index contributed by atoms with van der Waals surface area (Å²) < 4.78 is 15.2. The normalized spacial score (nSPS) is 9.88. The van der Waals surface area contributed by atoms with Crippen molar-refractivity contribution in [2.24, 2.45) is 0 Å². The van der Waals surface area contributed by atoms with Gasteiger partial charge in [-0.2, -0.15) is 0 Å². The van der Waals surface area contributed by atoms with Gasteiger partial charge in [-0.15, -0.1) is 0 Å². The highest BCUT2D eigenvalue weighted by atomic mass is 27.0. The van der Waals surface area contributed by atoms with Crippen LogP contribution in [0.25, 0.3) is 0 Å². The predicted molar refractivity (Wildman–Crippen MR) is 67.6 cm³/mol. The van der Waals surface area contributed by atoms with E-state index in [9.17, 15) is 9.59 Å². The van der Waals surface area contributed by atoms with Crippen LogP contribution in [-0.2, 0) is 23.8 Å². The van der Waals surface area contributed by atoms with E-state index in [0.29, 0.717) is 13.2 Å². The third kappa shape index (κ3) is 11.8. The first-order valence-corrected chi connectivity index (χ1v) is 5.52. The largest absolute Gasteiger partial charge is 0.410 e. The Morgan fingerprint density at radius 2 is 1.53 bits per heavy atom. The number of hydrogen-bond acceptors (Lipinski definition) is 5. The molecule has 0 spiro atoms. The summed E-state index contributed by atoms with van der Waals surface area (Å²) in [5, 5.41) is 0. The van der Waals surface area contributed by atoms with Gasteiger partial charge < -0.3 is 14.2 Å². The van der Waals surface area contributed by atoms with Crippen molar-refractivity contribution >= 4 is 29.1 Å². The van der Waals surface area contributed by atoms with Crippen LogP contribution in [0.3, 0.4) is 0 Å². The van der Waals surface area contributed by atoms with Crippen LogP contribution >= 0.6 is 0 Å². The molecule has 100 valence electrons. The van der Waals surface area contributed by atoms with Crippen LogP contribution in [0.4, 0.5) is 0 Å². The van der Waals surface area contributed by atoms with Crippen LogP contribution in [-0.4, -0.2) is 48.8 Å². The van der Waals surface area contributed by atoms with Crippen LogP contribution in [0, 0.1) is 0 Å². The van der Waals surface area contributed by atoms with E-state index in [0.717, 1.165) is 12.8 Å². The molecule has 0 N–H and O–H groups in total. The summed E-state index contributed by atoms with van der Waals surface area (Å²) in [5.74, 6) is -0.862. The summed E-state index contributed by atoms with van der Waals surface area (Å²) in [6, 6.07) is 0. The van der Waals surface area contributed by atoms with Gasteiger partial charge in [-0.3, -0.25) is 9.59 Å². The number of rotatable bonds is 9. The summed E-state index contributed by atoms with van der Waals surface area (Å²) in [5.41, 5.74) is 0. The molecule has 0 aromatic carbocycles. The smallest absolute Gasteiger partial charge is 0.318 e. The van der Waals surface area contributed by atoms with Gasteiger partial charge in [0.25, 0.3) is 0 Å². The summed E-state index contributed by atoms with van der Waals surface area (Å²) in [6.45, 7) is 5.11. The SMILES string of the molecule is CCCOC(OCCC)OC(=O)CC(C)=O.[AlH3]. The molecule has 0 aromatic rings. The third-order valence-corrected chi connectivity index (χ3v) is 1.54. The maximum atomic E-state index is 11.2. The Bertz CT molecular complexity index is 212. The standard InChI is InChI=1S/C11H20O5.Al.3H/c1-4-6-14-11(15-7-5-2)16-10(13)8-9(3)12;;;;/h11H,4-8H2,1-3H3;;;;. The van der Waals surface area contributed by atoms with Gasteiger partial charge in [-0.1, -0.05) is 13.8 Å². The van der Waals surface area contributed by atoms with E-state index < -0.39 is 12.4 Å². The lowest BCUT2D eigenvalue weighted by Gasteiger charge is -2.17. The summed E-state index contributed by atoms with van der Waals surface area (Å²) in [4.78, 5) is 21.9. The second-order valence-electron chi connectivity index (χ2n) is 3.40. The molecule has 17 heavy (non-hydrogen) atoms. The van der Waals surface area contributed by atoms with Gasteiger partial charge in [0.15, 0.2) is 17.4 Å². The van der Waals surface area contributed by atoms with E-state index in [-0.39, 0.29) is 29.6 Å². The van der Waals surface area contributed by atoms with E-state index in [2.05, 4.69) is 0 Å². The highest BCUT2D eigenvalue weighted by molar-refractivity contribution is 5.94. The Morgan fingerprint density at radius 1 is 1.06 bits per heavy atom. The first-order chi connectivity index (χ1) is 7.60. The number of carbonyl (C=O) groups is 2. The van der Waals surface area contributed by atoms with Gasteiger partial charge in [-0.05, 0) is 19.8 Å². The molecule has 0 saturated carbocycles. The third-order valence-electron chi connectivity index (χ3n) is 1.54. The van der Waals surface area contributed by atoms with Crippen LogP contribution in [0.15, 0.2) is 0 Å². The fraction of sp³-hybridized carbons (Fsp3) is 0.818. The molecule has 0 aliphatic rings. The number of carbonyl (C=O) groups excluding carboxylic acids is 2. The first kappa shape index (κ1) is 18.9. The maximum absolute atomic E-state index is 11.2. The molecule has 0 unspecified atom stereocenters. The Labute approximate surface area is 113 Å². The Balaban J connectivity index is 0. The van der Waals surface area contributed by atoms with Gasteiger partial charge in [0, 0.05) is 0 Å². The van der Waals surface area contributed by atoms with Gasteiger partial charge in [0.2, 0.25) is 0 Å². The summed E-state index contributed by atoms with van der Waals surface area (Å²) in [6.07, 6.45) is 1.36. The Hall–Kier alpha value is -0.408. The minimum atomic E-state index is -0.994. The number of ketones is 1. The quantitative estimate of drug-likeness (QED) is 0.261. The molecule has 0 amide bonds. The molecule has 6 heteroatoms. The zero-order chi connectivity index (χ0) is 12.4. The molecule has 0 aliphatic heterocycles. The number of ether oxygens (including phenoxy) is 3. The van der Waals surface area contributed by atoms with Crippen molar-refractivity contribution in [3.05, 3.63) is 0 Å². The minimum Gasteiger partial charge on any atom is -0.410 e. The van der Waals surface area contributed by atoms with Gasteiger partial charge in [-0.25, -0.2) is 0 Å². The van der Waals surface area contributed by atoms with Gasteiger partial charge in [0.05, 0.1) is 13.2 Å². The highest BCUT2D eigenvalue weighted by Crippen LogP contribution is 2.02. The summed E-state index contributed by atoms with van der Waals surface area (Å²) in [7, 11) is 0. The van der Waals surface area contributed by atoms with Crippen LogP contribution < -0.4 is 0 Å². The number of hydrogen-bond donors (Lipinski definition) is 0. The first-order valence-electron chi connectivity index (χ1n) is 5.52. The Morgan fingerprint density at radius 3 is 1.88 bits per heavy atom. The lowest BCUT2D eigenvalue weighted by atomic mass is 10.3. The molecule has 0 fully saturated rings. The molecule has 0 aliphatic carbocycles. The molecular formula is C11H23AlO5. The van der Waals surface area contributed by atoms with Crippen molar-refractivity contribution in [1.29, 1.82) is 0 Å². The van der Waals surface area contributed by atoms with Crippen molar-refractivity contribution in [3.8, 4) is 0 Å². The topological polar surface area (TPSA) is 61.8 Å². The molecule has 0 heterocycles. The van der Waals surface area contributed by atoms with E-state index in [1.807, 2.05) is 13.8 Å². The average Bonchev–Trinajstić information content (AvgIpc) is 2.20. The zero-order valence-electron chi connectivity index (χ0n) is 10.2. The fourth-order valence-corrected chi connectivity index (χ4v) is 0.897. The van der Waals surface area contributed by atoms with Crippen molar-refractivity contribution in [2.45, 2.75) is 46.5 Å². The zero-order valence-corrected chi connectivity index (χ0v) is 10.2. The molecule has 0 bridgehead atoms. The van der Waals surface area contributed by atoms with Crippen LogP contribution in [0.1, 0.15) is 40.0 Å². The summed E-state index contributed by atoms with van der Waals surface area (Å²) >= 11 is 0. The van der Waals surface area contributed by atoms with Gasteiger partial charge in [0.1, 0.15) is 12.2 Å².